The van der Waals surface area contributed by atoms with Gasteiger partial charge >= 0.3 is 0 Å². The van der Waals surface area contributed by atoms with Crippen molar-refractivity contribution >= 4 is 29.0 Å². The maximum atomic E-state index is 12.7. The van der Waals surface area contributed by atoms with Crippen LogP contribution < -0.4 is 9.80 Å². The molecule has 6 nitrogen and oxygen atoms in total. The van der Waals surface area contributed by atoms with Gasteiger partial charge in [0.25, 0.3) is 5.91 Å². The first-order valence-electron chi connectivity index (χ1n) is 10.7. The molecule has 0 radical (unpaired) electrons. The highest BCUT2D eigenvalue weighted by Crippen LogP contribution is 2.28. The summed E-state index contributed by atoms with van der Waals surface area (Å²) < 4.78 is 5.49. The van der Waals surface area contributed by atoms with Crippen LogP contribution in [0.2, 0.25) is 5.02 Å². The Balaban J connectivity index is 1.49. The first-order chi connectivity index (χ1) is 14.6. The molecule has 0 bridgehead atoms. The highest BCUT2D eigenvalue weighted by Gasteiger charge is 2.21. The van der Waals surface area contributed by atoms with Gasteiger partial charge in [-0.25, -0.2) is 4.98 Å². The first kappa shape index (κ1) is 20.9. The van der Waals surface area contributed by atoms with Gasteiger partial charge in [-0.3, -0.25) is 4.79 Å². The molecule has 160 valence electrons. The summed E-state index contributed by atoms with van der Waals surface area (Å²) >= 11 is 6.56. The van der Waals surface area contributed by atoms with Crippen LogP contribution in [0.25, 0.3) is 0 Å². The Kier molecular flexibility index (Phi) is 6.75. The molecule has 0 spiro atoms. The molecule has 2 aliphatic rings. The van der Waals surface area contributed by atoms with E-state index in [2.05, 4.69) is 34.1 Å². The van der Waals surface area contributed by atoms with Crippen LogP contribution in [-0.2, 0) is 11.3 Å². The van der Waals surface area contributed by atoms with E-state index >= 15 is 0 Å². The molecule has 0 N–H and O–H groups in total. The molecule has 30 heavy (non-hydrogen) atoms. The number of carbonyl (C=O) groups excluding carboxylic acids is 1. The number of benzene rings is 1. The molecule has 2 saturated heterocycles. The molecule has 1 amide bonds. The van der Waals surface area contributed by atoms with Gasteiger partial charge < -0.3 is 19.4 Å². The Morgan fingerprint density at radius 3 is 2.60 bits per heavy atom. The number of ether oxygens (including phenoxy) is 1. The number of aromatic nitrogens is 1. The molecule has 4 rings (SSSR count). The molecule has 2 aromatic rings. The number of morpholine rings is 1. The predicted octanol–water partition coefficient (Wildman–Crippen LogP) is 3.83. The monoisotopic (exact) mass is 428 g/mol. The third kappa shape index (κ3) is 4.71. The van der Waals surface area contributed by atoms with Crippen LogP contribution in [0.3, 0.4) is 0 Å². The number of para-hydroxylation sites is 1. The second kappa shape index (κ2) is 9.67. The Hall–Kier alpha value is -2.31. The van der Waals surface area contributed by atoms with Crippen molar-refractivity contribution in [1.82, 2.24) is 9.88 Å². The maximum absolute atomic E-state index is 12.7. The summed E-state index contributed by atoms with van der Waals surface area (Å²) in [6.45, 7) is 5.61. The molecule has 0 aliphatic carbocycles. The fourth-order valence-corrected chi connectivity index (χ4v) is 4.51. The normalized spacial score (nSPS) is 17.1. The number of carbonyl (C=O) groups is 1. The Bertz CT molecular complexity index is 879. The van der Waals surface area contributed by atoms with Crippen LogP contribution >= 0.6 is 11.6 Å². The number of hydrogen-bond acceptors (Lipinski definition) is 5. The summed E-state index contributed by atoms with van der Waals surface area (Å²) in [5, 5.41) is 0.504. The Morgan fingerprint density at radius 2 is 1.87 bits per heavy atom. The summed E-state index contributed by atoms with van der Waals surface area (Å²) in [7, 11) is 1.98. The lowest BCUT2D eigenvalue weighted by molar-refractivity contribution is 0.0724. The van der Waals surface area contributed by atoms with Gasteiger partial charge in [0.2, 0.25) is 0 Å². The van der Waals surface area contributed by atoms with E-state index in [0.717, 1.165) is 52.2 Å². The van der Waals surface area contributed by atoms with E-state index in [-0.39, 0.29) is 5.91 Å². The number of halogens is 1. The summed E-state index contributed by atoms with van der Waals surface area (Å²) in [5.41, 5.74) is 3.00. The zero-order valence-electron chi connectivity index (χ0n) is 17.5. The minimum atomic E-state index is 0.0240. The number of piperidine rings is 1. The lowest BCUT2D eigenvalue weighted by atomic mass is 10.1. The predicted molar refractivity (Wildman–Crippen MR) is 121 cm³/mol. The summed E-state index contributed by atoms with van der Waals surface area (Å²) in [5.74, 6) is 0.708. The second-order valence-corrected chi connectivity index (χ2v) is 8.37. The van der Waals surface area contributed by atoms with Gasteiger partial charge in [0.1, 0.15) is 5.82 Å². The van der Waals surface area contributed by atoms with Gasteiger partial charge in [-0.15, -0.1) is 0 Å². The number of likely N-dealkylation sites (tertiary alicyclic amines) is 1. The van der Waals surface area contributed by atoms with E-state index in [1.807, 2.05) is 16.8 Å². The van der Waals surface area contributed by atoms with Crippen LogP contribution in [0, 0.1) is 0 Å². The highest BCUT2D eigenvalue weighted by atomic mass is 35.5. The van der Waals surface area contributed by atoms with Crippen molar-refractivity contribution in [2.75, 3.05) is 56.2 Å². The van der Waals surface area contributed by atoms with Gasteiger partial charge in [0.15, 0.2) is 0 Å². The van der Waals surface area contributed by atoms with E-state index in [0.29, 0.717) is 22.9 Å². The zero-order chi connectivity index (χ0) is 20.9. The highest BCUT2D eigenvalue weighted by molar-refractivity contribution is 6.33. The number of anilines is 2. The van der Waals surface area contributed by atoms with Gasteiger partial charge in [0.05, 0.1) is 23.8 Å². The van der Waals surface area contributed by atoms with E-state index in [4.69, 9.17) is 16.3 Å². The fourth-order valence-electron chi connectivity index (χ4n) is 4.20. The van der Waals surface area contributed by atoms with E-state index < -0.39 is 0 Å². The molecule has 0 unspecified atom stereocenters. The van der Waals surface area contributed by atoms with Crippen molar-refractivity contribution < 1.29 is 9.53 Å². The average molecular weight is 429 g/mol. The largest absolute Gasteiger partial charge is 0.378 e. The van der Waals surface area contributed by atoms with Crippen LogP contribution in [0.5, 0.6) is 0 Å². The zero-order valence-corrected chi connectivity index (χ0v) is 18.3. The number of amides is 1. The van der Waals surface area contributed by atoms with Crippen molar-refractivity contribution in [3.63, 3.8) is 0 Å². The molecule has 0 atom stereocenters. The van der Waals surface area contributed by atoms with Crippen molar-refractivity contribution in [3.8, 4) is 0 Å². The van der Waals surface area contributed by atoms with E-state index in [1.165, 1.54) is 17.7 Å². The Morgan fingerprint density at radius 1 is 1.13 bits per heavy atom. The van der Waals surface area contributed by atoms with Crippen molar-refractivity contribution in [2.45, 2.75) is 25.8 Å². The quantitative estimate of drug-likeness (QED) is 0.724. The second-order valence-electron chi connectivity index (χ2n) is 7.97. The van der Waals surface area contributed by atoms with E-state index in [1.54, 1.807) is 12.3 Å². The van der Waals surface area contributed by atoms with Gasteiger partial charge in [-0.05, 0) is 37.0 Å². The molecular weight excluding hydrogens is 400 g/mol. The SMILES string of the molecule is CN(Cc1ccccc1N1CCOCC1)c1ncc(C(=O)N2CCCCC2)cc1Cl. The molecule has 0 saturated carbocycles. The lowest BCUT2D eigenvalue weighted by Crippen LogP contribution is -2.37. The van der Waals surface area contributed by atoms with Crippen LogP contribution in [0.1, 0.15) is 35.2 Å². The van der Waals surface area contributed by atoms with Gasteiger partial charge in [-0.2, -0.15) is 0 Å². The van der Waals surface area contributed by atoms with Crippen LogP contribution in [-0.4, -0.2) is 62.2 Å². The molecular formula is C23H29ClN4O2. The summed E-state index contributed by atoms with van der Waals surface area (Å²) in [4.78, 5) is 23.6. The third-order valence-electron chi connectivity index (χ3n) is 5.82. The fraction of sp³-hybridized carbons (Fsp3) is 0.478. The van der Waals surface area contributed by atoms with Crippen LogP contribution in [0.15, 0.2) is 36.5 Å². The number of pyridine rings is 1. The van der Waals surface area contributed by atoms with Crippen LogP contribution in [0.4, 0.5) is 11.5 Å². The standard InChI is InChI=1S/C23H29ClN4O2/c1-26(17-18-7-3-4-8-21(18)27-11-13-30-14-12-27)22-20(24)15-19(16-25-22)23(29)28-9-5-2-6-10-28/h3-4,7-8,15-16H,2,5-6,9-14,17H2,1H3. The number of hydrogen-bond donors (Lipinski definition) is 0. The minimum absolute atomic E-state index is 0.0240. The smallest absolute Gasteiger partial charge is 0.255 e. The van der Waals surface area contributed by atoms with Crippen molar-refractivity contribution in [2.24, 2.45) is 0 Å². The average Bonchev–Trinajstić information content (AvgIpc) is 2.80. The van der Waals surface area contributed by atoms with Crippen molar-refractivity contribution in [1.29, 1.82) is 0 Å². The van der Waals surface area contributed by atoms with E-state index in [9.17, 15) is 4.79 Å². The number of rotatable bonds is 5. The minimum Gasteiger partial charge on any atom is -0.378 e. The third-order valence-corrected chi connectivity index (χ3v) is 6.10. The Labute approximate surface area is 183 Å². The first-order valence-corrected chi connectivity index (χ1v) is 11.1. The lowest BCUT2D eigenvalue weighted by Gasteiger charge is -2.31. The van der Waals surface area contributed by atoms with Crippen molar-refractivity contribution in [3.05, 3.63) is 52.7 Å². The molecule has 2 fully saturated rings. The van der Waals surface area contributed by atoms with Gasteiger partial charge in [0, 0.05) is 51.7 Å². The molecule has 7 heteroatoms. The summed E-state index contributed by atoms with van der Waals surface area (Å²) in [6.07, 6.45) is 4.98. The van der Waals surface area contributed by atoms with Gasteiger partial charge in [-0.1, -0.05) is 29.8 Å². The topological polar surface area (TPSA) is 48.9 Å². The number of nitrogens with zero attached hydrogens (tertiary/aromatic N) is 4. The maximum Gasteiger partial charge on any atom is 0.255 e. The molecule has 3 heterocycles. The molecule has 2 aliphatic heterocycles. The molecule has 1 aromatic carbocycles. The molecule has 1 aromatic heterocycles. The summed E-state index contributed by atoms with van der Waals surface area (Å²) in [6, 6.07) is 10.2.